The van der Waals surface area contributed by atoms with E-state index < -0.39 is 23.8 Å². The van der Waals surface area contributed by atoms with Crippen LogP contribution in [0.4, 0.5) is 0 Å². The van der Waals surface area contributed by atoms with Crippen LogP contribution in [0.15, 0.2) is 0 Å². The number of aliphatic carboxylic acids is 1. The minimum absolute atomic E-state index is 0.318. The summed E-state index contributed by atoms with van der Waals surface area (Å²) in [5.74, 6) is -2.27. The first-order chi connectivity index (χ1) is 7.43. The van der Waals surface area contributed by atoms with Crippen LogP contribution in [0.25, 0.3) is 0 Å². The first kappa shape index (κ1) is 14.9. The fourth-order valence-electron chi connectivity index (χ4n) is 1.91. The fourth-order valence-corrected chi connectivity index (χ4v) is 1.91. The minimum Gasteiger partial charge on any atom is -0.481 e. The van der Waals surface area contributed by atoms with E-state index in [9.17, 15) is 9.59 Å². The van der Waals surface area contributed by atoms with Crippen LogP contribution in [0, 0.1) is 17.8 Å². The zero-order valence-corrected chi connectivity index (χ0v) is 10.5. The predicted molar refractivity (Wildman–Crippen MR) is 61.0 cm³/mol. The van der Waals surface area contributed by atoms with E-state index in [0.717, 1.165) is 12.8 Å². The van der Waals surface area contributed by atoms with Crippen molar-refractivity contribution in [2.75, 3.05) is 7.11 Å². The number of carboxylic acids is 1. The Balaban J connectivity index is 4.49. The van der Waals surface area contributed by atoms with Gasteiger partial charge in [0.25, 0.3) is 0 Å². The minimum atomic E-state index is -0.916. The van der Waals surface area contributed by atoms with Crippen molar-refractivity contribution < 1.29 is 19.4 Å². The maximum absolute atomic E-state index is 11.3. The van der Waals surface area contributed by atoms with Gasteiger partial charge in [0, 0.05) is 0 Å². The first-order valence-electron chi connectivity index (χ1n) is 5.74. The van der Waals surface area contributed by atoms with Gasteiger partial charge in [0.2, 0.25) is 0 Å². The number of ether oxygens (including phenoxy) is 1. The smallest absolute Gasteiger partial charge is 0.309 e. The van der Waals surface area contributed by atoms with Crippen molar-refractivity contribution in [3.63, 3.8) is 0 Å². The van der Waals surface area contributed by atoms with Gasteiger partial charge in [-0.3, -0.25) is 9.59 Å². The zero-order valence-electron chi connectivity index (χ0n) is 10.5. The van der Waals surface area contributed by atoms with E-state index in [1.807, 2.05) is 6.92 Å². The van der Waals surface area contributed by atoms with Crippen LogP contribution in [-0.4, -0.2) is 24.2 Å². The largest absolute Gasteiger partial charge is 0.481 e. The van der Waals surface area contributed by atoms with Gasteiger partial charge in [-0.25, -0.2) is 0 Å². The molecule has 0 aromatic carbocycles. The molecule has 3 atom stereocenters. The molecule has 4 nitrogen and oxygen atoms in total. The molecule has 0 aliphatic rings. The van der Waals surface area contributed by atoms with E-state index in [2.05, 4.69) is 11.7 Å². The first-order valence-corrected chi connectivity index (χ1v) is 5.74. The topological polar surface area (TPSA) is 63.6 Å². The lowest BCUT2D eigenvalue weighted by Crippen LogP contribution is -2.30. The second-order valence-corrected chi connectivity index (χ2v) is 4.39. The number of carboxylic acid groups (broad SMARTS) is 1. The highest BCUT2D eigenvalue weighted by Gasteiger charge is 2.31. The fraction of sp³-hybridized carbons (Fsp3) is 0.833. The monoisotopic (exact) mass is 230 g/mol. The summed E-state index contributed by atoms with van der Waals surface area (Å²) in [7, 11) is 1.28. The lowest BCUT2D eigenvalue weighted by Gasteiger charge is -2.21. The van der Waals surface area contributed by atoms with Crippen molar-refractivity contribution in [2.24, 2.45) is 17.8 Å². The summed E-state index contributed by atoms with van der Waals surface area (Å²) >= 11 is 0. The molecule has 94 valence electrons. The van der Waals surface area contributed by atoms with Gasteiger partial charge >= 0.3 is 11.9 Å². The Labute approximate surface area is 97.0 Å². The molecule has 0 rings (SSSR count). The van der Waals surface area contributed by atoms with E-state index in [0.29, 0.717) is 12.3 Å². The molecule has 0 amide bonds. The van der Waals surface area contributed by atoms with Gasteiger partial charge in [0.15, 0.2) is 0 Å². The molecule has 0 aliphatic heterocycles. The Kier molecular flexibility index (Phi) is 6.77. The van der Waals surface area contributed by atoms with Gasteiger partial charge in [-0.15, -0.1) is 0 Å². The number of carbonyl (C=O) groups is 2. The third kappa shape index (κ3) is 4.64. The highest BCUT2D eigenvalue weighted by molar-refractivity contribution is 5.80. The van der Waals surface area contributed by atoms with Gasteiger partial charge in [0.1, 0.15) is 0 Å². The van der Waals surface area contributed by atoms with Crippen LogP contribution in [0.3, 0.4) is 0 Å². The highest BCUT2D eigenvalue weighted by atomic mass is 16.5. The Morgan fingerprint density at radius 2 is 1.88 bits per heavy atom. The second kappa shape index (κ2) is 7.25. The molecule has 0 heterocycles. The molecule has 0 aromatic rings. The van der Waals surface area contributed by atoms with Crippen molar-refractivity contribution in [1.29, 1.82) is 0 Å². The summed E-state index contributed by atoms with van der Waals surface area (Å²) in [6, 6.07) is 0. The molecule has 0 bridgehead atoms. The number of carbonyl (C=O) groups excluding carboxylic acids is 1. The number of esters is 1. The molecule has 0 radical (unpaired) electrons. The second-order valence-electron chi connectivity index (χ2n) is 4.39. The SMILES string of the molecule is CCCC(C)CC(C(=O)O)C(C)C(=O)OC. The highest BCUT2D eigenvalue weighted by Crippen LogP contribution is 2.24. The Bertz CT molecular complexity index is 237. The molecular formula is C12H22O4. The Morgan fingerprint density at radius 3 is 2.25 bits per heavy atom. The summed E-state index contributed by atoms with van der Waals surface area (Å²) in [5, 5.41) is 9.10. The molecule has 3 unspecified atom stereocenters. The number of methoxy groups -OCH3 is 1. The van der Waals surface area contributed by atoms with Gasteiger partial charge in [-0.05, 0) is 12.3 Å². The maximum atomic E-state index is 11.3. The normalized spacial score (nSPS) is 16.2. The molecule has 0 spiro atoms. The van der Waals surface area contributed by atoms with E-state index >= 15 is 0 Å². The Hall–Kier alpha value is -1.06. The van der Waals surface area contributed by atoms with Crippen LogP contribution in [0.5, 0.6) is 0 Å². The third-order valence-electron chi connectivity index (χ3n) is 2.93. The summed E-state index contributed by atoms with van der Waals surface area (Å²) in [6.07, 6.45) is 2.54. The summed E-state index contributed by atoms with van der Waals surface area (Å²) < 4.78 is 4.58. The average molecular weight is 230 g/mol. The van der Waals surface area contributed by atoms with E-state index in [4.69, 9.17) is 5.11 Å². The average Bonchev–Trinajstić information content (AvgIpc) is 2.23. The van der Waals surface area contributed by atoms with Crippen LogP contribution in [0.1, 0.15) is 40.0 Å². The summed E-state index contributed by atoms with van der Waals surface area (Å²) in [6.45, 7) is 5.70. The van der Waals surface area contributed by atoms with Gasteiger partial charge in [0.05, 0.1) is 18.9 Å². The van der Waals surface area contributed by atoms with Gasteiger partial charge in [-0.1, -0.05) is 33.6 Å². The molecular weight excluding hydrogens is 208 g/mol. The van der Waals surface area contributed by atoms with Crippen molar-refractivity contribution >= 4 is 11.9 Å². The number of hydrogen-bond acceptors (Lipinski definition) is 3. The number of hydrogen-bond donors (Lipinski definition) is 1. The lowest BCUT2D eigenvalue weighted by molar-refractivity contribution is -0.155. The number of rotatable bonds is 7. The molecule has 1 N–H and O–H groups in total. The van der Waals surface area contributed by atoms with Crippen LogP contribution < -0.4 is 0 Å². The van der Waals surface area contributed by atoms with Crippen LogP contribution in [0.2, 0.25) is 0 Å². The van der Waals surface area contributed by atoms with E-state index in [1.165, 1.54) is 7.11 Å². The molecule has 4 heteroatoms. The van der Waals surface area contributed by atoms with E-state index in [1.54, 1.807) is 6.92 Å². The quantitative estimate of drug-likeness (QED) is 0.682. The molecule has 0 aliphatic carbocycles. The van der Waals surface area contributed by atoms with Crippen LogP contribution >= 0.6 is 0 Å². The molecule has 0 saturated heterocycles. The van der Waals surface area contributed by atoms with Crippen LogP contribution in [-0.2, 0) is 14.3 Å². The Morgan fingerprint density at radius 1 is 1.31 bits per heavy atom. The lowest BCUT2D eigenvalue weighted by atomic mass is 9.84. The molecule has 0 aromatic heterocycles. The predicted octanol–water partition coefficient (Wildman–Crippen LogP) is 2.32. The zero-order chi connectivity index (χ0) is 12.7. The molecule has 0 fully saturated rings. The maximum Gasteiger partial charge on any atom is 0.309 e. The van der Waals surface area contributed by atoms with E-state index in [-0.39, 0.29) is 0 Å². The summed E-state index contributed by atoms with van der Waals surface area (Å²) in [5.41, 5.74) is 0. The summed E-state index contributed by atoms with van der Waals surface area (Å²) in [4.78, 5) is 22.4. The third-order valence-corrected chi connectivity index (χ3v) is 2.93. The molecule has 0 saturated carbocycles. The standard InChI is InChI=1S/C12H22O4/c1-5-6-8(2)7-10(11(13)14)9(3)12(15)16-4/h8-10H,5-7H2,1-4H3,(H,13,14). The molecule has 16 heavy (non-hydrogen) atoms. The van der Waals surface area contributed by atoms with Gasteiger partial charge < -0.3 is 9.84 Å². The van der Waals surface area contributed by atoms with Crippen molar-refractivity contribution in [1.82, 2.24) is 0 Å². The van der Waals surface area contributed by atoms with Gasteiger partial charge in [-0.2, -0.15) is 0 Å². The van der Waals surface area contributed by atoms with Crippen molar-refractivity contribution in [3.8, 4) is 0 Å². The van der Waals surface area contributed by atoms with Crippen molar-refractivity contribution in [3.05, 3.63) is 0 Å². The van der Waals surface area contributed by atoms with Crippen molar-refractivity contribution in [2.45, 2.75) is 40.0 Å².